The van der Waals surface area contributed by atoms with Gasteiger partial charge in [0.05, 0.1) is 11.1 Å². The number of hydrogen-bond acceptors (Lipinski definition) is 3. The van der Waals surface area contributed by atoms with Gasteiger partial charge in [-0.15, -0.1) is 0 Å². The van der Waals surface area contributed by atoms with Gasteiger partial charge in [0, 0.05) is 17.4 Å². The van der Waals surface area contributed by atoms with Crippen LogP contribution in [0.2, 0.25) is 0 Å². The van der Waals surface area contributed by atoms with Gasteiger partial charge < -0.3 is 14.4 Å². The zero-order chi connectivity index (χ0) is 36.6. The Morgan fingerprint density at radius 1 is 0.255 bits per heavy atom. The Bertz CT molecular complexity index is 2720. The van der Waals surface area contributed by atoms with E-state index in [9.17, 15) is 0 Å². The third-order valence-corrected chi connectivity index (χ3v) is 10.3. The molecule has 260 valence electrons. The number of anilines is 3. The average Bonchev–Trinajstić information content (AvgIpc) is 3.42. The maximum atomic E-state index is 6.63. The van der Waals surface area contributed by atoms with E-state index in [1.165, 1.54) is 27.8 Å². The summed E-state index contributed by atoms with van der Waals surface area (Å²) in [7, 11) is 0. The molecule has 55 heavy (non-hydrogen) atoms. The van der Waals surface area contributed by atoms with Crippen LogP contribution >= 0.6 is 0 Å². The molecule has 0 spiro atoms. The Kier molecular flexibility index (Phi) is 8.16. The van der Waals surface area contributed by atoms with Crippen LogP contribution < -0.4 is 14.4 Å². The number of fused-ring (bicyclic) bond motifs is 1. The fourth-order valence-electron chi connectivity index (χ4n) is 7.55. The van der Waals surface area contributed by atoms with Crippen molar-refractivity contribution >= 4 is 27.8 Å². The van der Waals surface area contributed by atoms with Gasteiger partial charge in [0.25, 0.3) is 0 Å². The lowest BCUT2D eigenvalue weighted by molar-refractivity contribution is 0.439. The maximum Gasteiger partial charge on any atom is 0.172 e. The first-order chi connectivity index (χ1) is 27.2. The second-order valence-electron chi connectivity index (χ2n) is 13.8. The molecule has 1 heterocycles. The first-order valence-electron chi connectivity index (χ1n) is 18.6. The van der Waals surface area contributed by atoms with Gasteiger partial charge in [0.15, 0.2) is 11.5 Å². The molecule has 0 radical (unpaired) electrons. The first-order valence-corrected chi connectivity index (χ1v) is 18.6. The van der Waals surface area contributed by atoms with Crippen LogP contribution in [0.25, 0.3) is 55.3 Å². The number of hydrogen-bond donors (Lipinski definition) is 0. The highest BCUT2D eigenvalue weighted by atomic mass is 16.5. The van der Waals surface area contributed by atoms with E-state index in [4.69, 9.17) is 9.47 Å². The van der Waals surface area contributed by atoms with Crippen LogP contribution in [0.3, 0.4) is 0 Å². The van der Waals surface area contributed by atoms with Crippen molar-refractivity contribution in [2.24, 2.45) is 0 Å². The van der Waals surface area contributed by atoms with Crippen molar-refractivity contribution in [2.75, 3.05) is 4.90 Å². The molecule has 10 rings (SSSR count). The van der Waals surface area contributed by atoms with Gasteiger partial charge in [-0.2, -0.15) is 0 Å². The number of benzene rings is 9. The Balaban J connectivity index is 1.07. The van der Waals surface area contributed by atoms with Crippen LogP contribution in [0, 0.1) is 0 Å². The fraction of sp³-hybridized carbons (Fsp3) is 0. The monoisotopic (exact) mass is 705 g/mol. The zero-order valence-corrected chi connectivity index (χ0v) is 30.0. The van der Waals surface area contributed by atoms with E-state index in [2.05, 4.69) is 181 Å². The minimum atomic E-state index is 0.662. The summed E-state index contributed by atoms with van der Waals surface area (Å²) in [5.74, 6) is 2.90. The van der Waals surface area contributed by atoms with E-state index in [1.54, 1.807) is 0 Å². The highest BCUT2D eigenvalue weighted by molar-refractivity contribution is 5.95. The topological polar surface area (TPSA) is 21.7 Å². The molecule has 0 aliphatic carbocycles. The maximum absolute atomic E-state index is 6.63. The van der Waals surface area contributed by atoms with E-state index < -0.39 is 0 Å². The van der Waals surface area contributed by atoms with Gasteiger partial charge >= 0.3 is 0 Å². The number of rotatable bonds is 7. The van der Waals surface area contributed by atoms with Gasteiger partial charge in [0.2, 0.25) is 0 Å². The first kappa shape index (κ1) is 32.3. The Labute approximate surface area is 320 Å². The second kappa shape index (κ2) is 13.9. The fourth-order valence-corrected chi connectivity index (χ4v) is 7.55. The van der Waals surface area contributed by atoms with E-state index in [1.807, 2.05) is 36.4 Å². The SMILES string of the molecule is c1ccc(-c2ccc(N(c3ccc(-c4cc(-c5ccccc5)cc(-c5ccccc5)c4)cc3)c3ccc4c(c3)Oc3cccc5cccc(c35)O4)cc2)cc1. The molecule has 3 heteroatoms. The molecule has 0 saturated carbocycles. The molecule has 0 aromatic heterocycles. The standard InChI is InChI=1S/C52H35NO2/c1-4-12-36(13-5-1)39-22-26-45(27-23-39)53(47-30-31-48-51(35-47)55-50-21-11-19-41-18-10-20-49(54-48)52(41)50)46-28-24-40(25-29-46)44-33-42(37-14-6-2-7-15-37)32-43(34-44)38-16-8-3-9-17-38/h1-35H. The van der Waals surface area contributed by atoms with E-state index in [0.717, 1.165) is 56.0 Å². The van der Waals surface area contributed by atoms with E-state index >= 15 is 0 Å². The number of ether oxygens (including phenoxy) is 2. The molecule has 0 unspecified atom stereocenters. The Morgan fingerprint density at radius 2 is 0.655 bits per heavy atom. The summed E-state index contributed by atoms with van der Waals surface area (Å²) < 4.78 is 13.1. The van der Waals surface area contributed by atoms with Crippen molar-refractivity contribution in [1.82, 2.24) is 0 Å². The molecule has 0 N–H and O–H groups in total. The summed E-state index contributed by atoms with van der Waals surface area (Å²) in [6.45, 7) is 0. The summed E-state index contributed by atoms with van der Waals surface area (Å²) in [6.07, 6.45) is 0. The van der Waals surface area contributed by atoms with Crippen LogP contribution in [-0.4, -0.2) is 0 Å². The van der Waals surface area contributed by atoms with Crippen LogP contribution in [0.15, 0.2) is 212 Å². The van der Waals surface area contributed by atoms with Crippen molar-refractivity contribution in [2.45, 2.75) is 0 Å². The minimum absolute atomic E-state index is 0.662. The van der Waals surface area contributed by atoms with Crippen molar-refractivity contribution < 1.29 is 9.47 Å². The summed E-state index contributed by atoms with van der Waals surface area (Å²) in [5.41, 5.74) is 12.4. The lowest BCUT2D eigenvalue weighted by Gasteiger charge is -2.26. The molecule has 0 saturated heterocycles. The molecule has 0 atom stereocenters. The lowest BCUT2D eigenvalue weighted by Crippen LogP contribution is -2.10. The van der Waals surface area contributed by atoms with Crippen molar-refractivity contribution in [3.05, 3.63) is 212 Å². The summed E-state index contributed by atoms with van der Waals surface area (Å²) in [6, 6.07) is 74.6. The zero-order valence-electron chi connectivity index (χ0n) is 30.0. The summed E-state index contributed by atoms with van der Waals surface area (Å²) in [4.78, 5) is 2.27. The molecule has 9 aromatic carbocycles. The van der Waals surface area contributed by atoms with Crippen LogP contribution in [0.4, 0.5) is 17.1 Å². The molecule has 0 amide bonds. The largest absolute Gasteiger partial charge is 0.453 e. The second-order valence-corrected chi connectivity index (χ2v) is 13.8. The van der Waals surface area contributed by atoms with E-state index in [0.29, 0.717) is 11.5 Å². The van der Waals surface area contributed by atoms with Gasteiger partial charge in [-0.3, -0.25) is 0 Å². The van der Waals surface area contributed by atoms with Crippen LogP contribution in [0.5, 0.6) is 23.0 Å². The van der Waals surface area contributed by atoms with Crippen molar-refractivity contribution in [3.8, 4) is 67.5 Å². The van der Waals surface area contributed by atoms with Crippen molar-refractivity contribution in [3.63, 3.8) is 0 Å². The predicted octanol–water partition coefficient (Wildman–Crippen LogP) is 14.9. The average molecular weight is 706 g/mol. The summed E-state index contributed by atoms with van der Waals surface area (Å²) in [5, 5.41) is 2.05. The molecule has 0 fully saturated rings. The summed E-state index contributed by atoms with van der Waals surface area (Å²) >= 11 is 0. The third-order valence-electron chi connectivity index (χ3n) is 10.3. The minimum Gasteiger partial charge on any atom is -0.453 e. The highest BCUT2D eigenvalue weighted by Gasteiger charge is 2.22. The Hall–Kier alpha value is -7.36. The predicted molar refractivity (Wildman–Crippen MR) is 227 cm³/mol. The smallest absolute Gasteiger partial charge is 0.172 e. The molecule has 0 bridgehead atoms. The van der Waals surface area contributed by atoms with Crippen LogP contribution in [-0.2, 0) is 0 Å². The van der Waals surface area contributed by atoms with E-state index in [-0.39, 0.29) is 0 Å². The molecular formula is C52H35NO2. The quantitative estimate of drug-likeness (QED) is 0.165. The van der Waals surface area contributed by atoms with Gasteiger partial charge in [-0.05, 0) is 117 Å². The van der Waals surface area contributed by atoms with Crippen LogP contribution in [0.1, 0.15) is 0 Å². The number of nitrogens with zero attached hydrogens (tertiary/aromatic N) is 1. The Morgan fingerprint density at radius 3 is 1.15 bits per heavy atom. The molecule has 9 aromatic rings. The molecule has 1 aliphatic heterocycles. The third kappa shape index (κ3) is 6.28. The molecule has 3 nitrogen and oxygen atoms in total. The van der Waals surface area contributed by atoms with Gasteiger partial charge in [-0.1, -0.05) is 140 Å². The molecular weight excluding hydrogens is 671 g/mol. The van der Waals surface area contributed by atoms with Gasteiger partial charge in [-0.25, -0.2) is 0 Å². The lowest BCUT2D eigenvalue weighted by atomic mass is 9.93. The normalized spacial score (nSPS) is 11.6. The highest BCUT2D eigenvalue weighted by Crippen LogP contribution is 2.48. The van der Waals surface area contributed by atoms with Crippen molar-refractivity contribution in [1.29, 1.82) is 0 Å². The van der Waals surface area contributed by atoms with Gasteiger partial charge in [0.1, 0.15) is 11.5 Å². The molecule has 1 aliphatic rings.